The van der Waals surface area contributed by atoms with Crippen molar-refractivity contribution in [3.05, 3.63) is 0 Å². The highest BCUT2D eigenvalue weighted by molar-refractivity contribution is 6.45. The summed E-state index contributed by atoms with van der Waals surface area (Å²) in [6, 6.07) is 1.62. The van der Waals surface area contributed by atoms with Gasteiger partial charge in [-0.3, -0.25) is 4.79 Å². The lowest BCUT2D eigenvalue weighted by atomic mass is 9.96. The van der Waals surface area contributed by atoms with E-state index in [1.807, 2.05) is 13.8 Å². The molecule has 0 spiro atoms. The molecule has 2 N–H and O–H groups in total. The molecule has 6 heteroatoms. The van der Waals surface area contributed by atoms with Gasteiger partial charge in [0.15, 0.2) is 0 Å². The lowest BCUT2D eigenvalue weighted by Crippen LogP contribution is -2.39. The van der Waals surface area contributed by atoms with E-state index >= 15 is 0 Å². The van der Waals surface area contributed by atoms with Crippen LogP contribution in [0.2, 0.25) is 0 Å². The van der Waals surface area contributed by atoms with E-state index in [0.717, 1.165) is 12.8 Å². The van der Waals surface area contributed by atoms with Crippen LogP contribution in [0.25, 0.3) is 0 Å². The van der Waals surface area contributed by atoms with E-state index in [1.54, 1.807) is 6.07 Å². The molecule has 17 heavy (non-hydrogen) atoms. The Bertz CT molecular complexity index is 306. The Balaban J connectivity index is 4.25. The maximum Gasteiger partial charge on any atom is 0.284 e. The molecular weight excluding hydrogens is 222 g/mol. The van der Waals surface area contributed by atoms with Crippen molar-refractivity contribution in [2.45, 2.75) is 32.8 Å². The number of carbonyl (C=O) groups is 1. The normalized spacial score (nSPS) is 13.1. The summed E-state index contributed by atoms with van der Waals surface area (Å²) >= 11 is 0. The minimum absolute atomic E-state index is 0.107. The SMILES string of the molecule is CCC(CC)C(O)CNC(=O)C(C#N)=NOC. The second-order valence-electron chi connectivity index (χ2n) is 3.59. The van der Waals surface area contributed by atoms with Crippen molar-refractivity contribution in [1.82, 2.24) is 5.32 Å². The number of rotatable bonds is 7. The molecule has 0 radical (unpaired) electrons. The van der Waals surface area contributed by atoms with Gasteiger partial charge >= 0.3 is 0 Å². The molecule has 1 atom stereocenters. The summed E-state index contributed by atoms with van der Waals surface area (Å²) in [6.07, 6.45) is 1.06. The first kappa shape index (κ1) is 15.4. The van der Waals surface area contributed by atoms with Crippen LogP contribution in [0.1, 0.15) is 26.7 Å². The minimum atomic E-state index is -0.639. The number of nitrogens with one attached hydrogen (secondary N) is 1. The van der Waals surface area contributed by atoms with Crippen LogP contribution in [0.3, 0.4) is 0 Å². The number of hydrogen-bond acceptors (Lipinski definition) is 5. The number of amides is 1. The first-order valence-corrected chi connectivity index (χ1v) is 5.58. The molecule has 0 aliphatic carbocycles. The molecule has 0 aromatic carbocycles. The van der Waals surface area contributed by atoms with Crippen molar-refractivity contribution in [2.24, 2.45) is 11.1 Å². The van der Waals surface area contributed by atoms with Crippen LogP contribution in [0.4, 0.5) is 0 Å². The number of oxime groups is 1. The first-order chi connectivity index (χ1) is 8.10. The van der Waals surface area contributed by atoms with Crippen LogP contribution >= 0.6 is 0 Å². The van der Waals surface area contributed by atoms with E-state index in [1.165, 1.54) is 7.11 Å². The zero-order valence-electron chi connectivity index (χ0n) is 10.4. The topological polar surface area (TPSA) is 94.7 Å². The molecule has 0 heterocycles. The summed E-state index contributed by atoms with van der Waals surface area (Å²) < 4.78 is 0. The third kappa shape index (κ3) is 5.31. The van der Waals surface area contributed by atoms with Gasteiger partial charge in [0.1, 0.15) is 13.2 Å². The van der Waals surface area contributed by atoms with Crippen molar-refractivity contribution in [3.8, 4) is 6.07 Å². The number of hydrogen-bond donors (Lipinski definition) is 2. The fraction of sp³-hybridized carbons (Fsp3) is 0.727. The molecule has 0 rings (SSSR count). The van der Waals surface area contributed by atoms with Gasteiger partial charge in [0.2, 0.25) is 5.71 Å². The van der Waals surface area contributed by atoms with Gasteiger partial charge in [-0.05, 0) is 5.92 Å². The summed E-state index contributed by atoms with van der Waals surface area (Å²) in [6.45, 7) is 4.06. The Hall–Kier alpha value is -1.61. The van der Waals surface area contributed by atoms with Gasteiger partial charge in [0.25, 0.3) is 5.91 Å². The minimum Gasteiger partial charge on any atom is -0.398 e. The summed E-state index contributed by atoms with van der Waals surface area (Å²) in [4.78, 5) is 15.8. The quantitative estimate of drug-likeness (QED) is 0.499. The highest BCUT2D eigenvalue weighted by Gasteiger charge is 2.18. The number of aliphatic hydroxyl groups is 1. The molecule has 0 aliphatic heterocycles. The fourth-order valence-corrected chi connectivity index (χ4v) is 1.48. The number of carbonyl (C=O) groups excluding carboxylic acids is 1. The van der Waals surface area contributed by atoms with Gasteiger partial charge in [0.05, 0.1) is 6.10 Å². The third-order valence-corrected chi connectivity index (χ3v) is 2.57. The second kappa shape index (κ2) is 8.53. The van der Waals surface area contributed by atoms with Crippen LogP contribution in [-0.4, -0.2) is 36.5 Å². The smallest absolute Gasteiger partial charge is 0.284 e. The summed E-state index contributed by atoms with van der Waals surface area (Å²) in [5, 5.41) is 24.1. The molecule has 96 valence electrons. The summed E-state index contributed by atoms with van der Waals surface area (Å²) in [7, 11) is 1.25. The molecule has 0 aromatic heterocycles. The van der Waals surface area contributed by atoms with E-state index in [0.29, 0.717) is 0 Å². The summed E-state index contributed by atoms with van der Waals surface area (Å²) in [5.74, 6) is -0.500. The largest absolute Gasteiger partial charge is 0.398 e. The fourth-order valence-electron chi connectivity index (χ4n) is 1.48. The van der Waals surface area contributed by atoms with Crippen molar-refractivity contribution in [1.29, 1.82) is 5.26 Å². The Labute approximate surface area is 101 Å². The van der Waals surface area contributed by atoms with Crippen molar-refractivity contribution in [3.63, 3.8) is 0 Å². The van der Waals surface area contributed by atoms with E-state index in [4.69, 9.17) is 5.26 Å². The van der Waals surface area contributed by atoms with Crippen LogP contribution in [0.5, 0.6) is 0 Å². The molecular formula is C11H19N3O3. The molecule has 0 fully saturated rings. The van der Waals surface area contributed by atoms with Crippen molar-refractivity contribution >= 4 is 11.6 Å². The van der Waals surface area contributed by atoms with Crippen LogP contribution in [-0.2, 0) is 9.63 Å². The van der Waals surface area contributed by atoms with Crippen molar-refractivity contribution < 1.29 is 14.7 Å². The predicted octanol–water partition coefficient (Wildman–Crippen LogP) is 0.426. The molecule has 1 amide bonds. The molecule has 0 aromatic rings. The van der Waals surface area contributed by atoms with E-state index in [-0.39, 0.29) is 18.2 Å². The average molecular weight is 241 g/mol. The van der Waals surface area contributed by atoms with Gasteiger partial charge < -0.3 is 15.3 Å². The Morgan fingerprint density at radius 2 is 2.12 bits per heavy atom. The third-order valence-electron chi connectivity index (χ3n) is 2.57. The average Bonchev–Trinajstić information content (AvgIpc) is 2.34. The van der Waals surface area contributed by atoms with Gasteiger partial charge in [-0.2, -0.15) is 5.26 Å². The van der Waals surface area contributed by atoms with Crippen LogP contribution in [0, 0.1) is 17.2 Å². The van der Waals surface area contributed by atoms with Gasteiger partial charge in [-0.25, -0.2) is 0 Å². The van der Waals surface area contributed by atoms with E-state index in [2.05, 4.69) is 15.3 Å². The predicted molar refractivity (Wildman–Crippen MR) is 63.1 cm³/mol. The molecule has 1 unspecified atom stereocenters. The highest BCUT2D eigenvalue weighted by Crippen LogP contribution is 2.12. The number of nitrogens with zero attached hydrogens (tertiary/aromatic N) is 2. The van der Waals surface area contributed by atoms with Crippen LogP contribution in [0.15, 0.2) is 5.16 Å². The lowest BCUT2D eigenvalue weighted by molar-refractivity contribution is -0.115. The maximum absolute atomic E-state index is 11.4. The first-order valence-electron chi connectivity index (χ1n) is 5.58. The van der Waals surface area contributed by atoms with Crippen LogP contribution < -0.4 is 5.32 Å². The van der Waals surface area contributed by atoms with Crippen molar-refractivity contribution in [2.75, 3.05) is 13.7 Å². The maximum atomic E-state index is 11.4. The molecule has 0 aliphatic rings. The van der Waals surface area contributed by atoms with Gasteiger partial charge in [-0.15, -0.1) is 0 Å². The standard InChI is InChI=1S/C11H19N3O3/c1-4-8(5-2)10(15)7-13-11(16)9(6-12)14-17-3/h8,10,15H,4-5,7H2,1-3H3,(H,13,16). The number of nitriles is 1. The monoisotopic (exact) mass is 241 g/mol. The van der Waals surface area contributed by atoms with E-state index in [9.17, 15) is 9.90 Å². The van der Waals surface area contributed by atoms with Gasteiger partial charge in [-0.1, -0.05) is 31.8 Å². The van der Waals surface area contributed by atoms with Gasteiger partial charge in [0, 0.05) is 6.54 Å². The second-order valence-corrected chi connectivity index (χ2v) is 3.59. The zero-order chi connectivity index (χ0) is 13.3. The Morgan fingerprint density at radius 3 is 2.53 bits per heavy atom. The molecule has 6 nitrogen and oxygen atoms in total. The Morgan fingerprint density at radius 1 is 1.53 bits per heavy atom. The van der Waals surface area contributed by atoms with E-state index < -0.39 is 12.0 Å². The lowest BCUT2D eigenvalue weighted by Gasteiger charge is -2.19. The molecule has 0 saturated heterocycles. The molecule has 0 saturated carbocycles. The Kier molecular flexibility index (Phi) is 7.72. The molecule has 0 bridgehead atoms. The zero-order valence-corrected chi connectivity index (χ0v) is 10.4. The summed E-state index contributed by atoms with van der Waals surface area (Å²) in [5.41, 5.74) is -0.357. The number of aliphatic hydroxyl groups excluding tert-OH is 1. The highest BCUT2D eigenvalue weighted by atomic mass is 16.6.